The quantitative estimate of drug-likeness (QED) is 0.808. The molecule has 0 aliphatic carbocycles. The first kappa shape index (κ1) is 17.2. The van der Waals surface area contributed by atoms with Gasteiger partial charge in [0.2, 0.25) is 0 Å². The van der Waals surface area contributed by atoms with Crippen molar-refractivity contribution >= 4 is 17.5 Å². The summed E-state index contributed by atoms with van der Waals surface area (Å²) in [4.78, 5) is 28.1. The summed E-state index contributed by atoms with van der Waals surface area (Å²) in [5.41, 5.74) is 2.08. The van der Waals surface area contributed by atoms with Crippen molar-refractivity contribution in [3.05, 3.63) is 66.2 Å². The maximum atomic E-state index is 12.5. The van der Waals surface area contributed by atoms with Gasteiger partial charge in [-0.1, -0.05) is 48.5 Å². The molecule has 2 aromatic carbocycles. The highest BCUT2D eigenvalue weighted by Crippen LogP contribution is 2.22. The van der Waals surface area contributed by atoms with Gasteiger partial charge in [0.25, 0.3) is 0 Å². The number of hydrogen-bond acceptors (Lipinski definition) is 2. The predicted molar refractivity (Wildman–Crippen MR) is 99.3 cm³/mol. The van der Waals surface area contributed by atoms with Crippen molar-refractivity contribution in [1.82, 2.24) is 4.90 Å². The summed E-state index contributed by atoms with van der Waals surface area (Å²) in [6, 6.07) is 19.7. The third-order valence-corrected chi connectivity index (χ3v) is 4.90. The molecule has 0 aromatic heterocycles. The number of piperidine rings is 1. The number of benzene rings is 2. The fraction of sp³-hybridized carbons (Fsp3) is 0.333. The van der Waals surface area contributed by atoms with Gasteiger partial charge >= 0.3 is 11.8 Å². The SMILES string of the molecule is CN(C(=O)C(=O)N1CCC(Cc2ccccc2)CC1)c1ccccc1. The van der Waals surface area contributed by atoms with E-state index in [9.17, 15) is 9.59 Å². The molecular weight excluding hydrogens is 312 g/mol. The van der Waals surface area contributed by atoms with Crippen molar-refractivity contribution in [3.63, 3.8) is 0 Å². The summed E-state index contributed by atoms with van der Waals surface area (Å²) in [6.07, 6.45) is 2.94. The highest BCUT2D eigenvalue weighted by molar-refractivity contribution is 6.40. The monoisotopic (exact) mass is 336 g/mol. The van der Waals surface area contributed by atoms with Crippen LogP contribution >= 0.6 is 0 Å². The van der Waals surface area contributed by atoms with Crippen molar-refractivity contribution in [3.8, 4) is 0 Å². The highest BCUT2D eigenvalue weighted by atomic mass is 16.2. The third kappa shape index (κ3) is 4.27. The number of carbonyl (C=O) groups is 2. The van der Waals surface area contributed by atoms with E-state index in [0.717, 1.165) is 24.9 Å². The van der Waals surface area contributed by atoms with Crippen molar-refractivity contribution in [2.45, 2.75) is 19.3 Å². The first-order valence-corrected chi connectivity index (χ1v) is 8.81. The lowest BCUT2D eigenvalue weighted by molar-refractivity contribution is -0.145. The molecule has 4 nitrogen and oxygen atoms in total. The molecule has 1 aliphatic rings. The molecule has 0 radical (unpaired) electrons. The van der Waals surface area contributed by atoms with E-state index in [-0.39, 0.29) is 0 Å². The molecule has 0 atom stereocenters. The molecule has 130 valence electrons. The molecule has 1 saturated heterocycles. The molecule has 0 unspecified atom stereocenters. The van der Waals surface area contributed by atoms with Gasteiger partial charge in [-0.05, 0) is 42.9 Å². The van der Waals surface area contributed by atoms with E-state index in [2.05, 4.69) is 24.3 Å². The van der Waals surface area contributed by atoms with Crippen LogP contribution in [-0.2, 0) is 16.0 Å². The lowest BCUT2D eigenvalue weighted by Gasteiger charge is -2.32. The first-order chi connectivity index (χ1) is 12.1. The Kier molecular flexibility index (Phi) is 5.49. The minimum atomic E-state index is -0.465. The second-order valence-corrected chi connectivity index (χ2v) is 6.63. The van der Waals surface area contributed by atoms with Crippen LogP contribution in [0.25, 0.3) is 0 Å². The maximum Gasteiger partial charge on any atom is 0.316 e. The number of carbonyl (C=O) groups excluding carboxylic acids is 2. The van der Waals surface area contributed by atoms with E-state index in [1.165, 1.54) is 10.5 Å². The lowest BCUT2D eigenvalue weighted by atomic mass is 9.90. The van der Waals surface area contributed by atoms with Gasteiger partial charge in [-0.25, -0.2) is 0 Å². The number of hydrogen-bond donors (Lipinski definition) is 0. The van der Waals surface area contributed by atoms with E-state index >= 15 is 0 Å². The minimum absolute atomic E-state index is 0.399. The largest absolute Gasteiger partial charge is 0.334 e. The number of likely N-dealkylation sites (tertiary alicyclic amines) is 1. The Labute approximate surface area is 149 Å². The van der Waals surface area contributed by atoms with E-state index in [1.807, 2.05) is 36.4 Å². The third-order valence-electron chi connectivity index (χ3n) is 4.90. The van der Waals surface area contributed by atoms with Crippen LogP contribution in [0.3, 0.4) is 0 Å². The van der Waals surface area contributed by atoms with Crippen molar-refractivity contribution in [1.29, 1.82) is 0 Å². The predicted octanol–water partition coefficient (Wildman–Crippen LogP) is 3.13. The molecule has 0 N–H and O–H groups in total. The Bertz CT molecular complexity index is 707. The minimum Gasteiger partial charge on any atom is -0.334 e. The molecule has 1 fully saturated rings. The molecule has 4 heteroatoms. The second-order valence-electron chi connectivity index (χ2n) is 6.63. The summed E-state index contributed by atoms with van der Waals surface area (Å²) in [6.45, 7) is 1.31. The van der Waals surface area contributed by atoms with Crippen LogP contribution in [0.15, 0.2) is 60.7 Å². The standard InChI is InChI=1S/C21H24N2O2/c1-22(19-10-6-3-7-11-19)20(24)21(25)23-14-12-18(13-15-23)16-17-8-4-2-5-9-17/h2-11,18H,12-16H2,1H3. The topological polar surface area (TPSA) is 40.6 Å². The Balaban J connectivity index is 1.53. The van der Waals surface area contributed by atoms with Crippen LogP contribution in [-0.4, -0.2) is 36.9 Å². The average molecular weight is 336 g/mol. The summed E-state index contributed by atoms with van der Waals surface area (Å²) < 4.78 is 0. The molecule has 0 saturated carbocycles. The molecule has 2 amide bonds. The summed E-state index contributed by atoms with van der Waals surface area (Å²) in [5, 5.41) is 0. The van der Waals surface area contributed by atoms with Crippen molar-refractivity contribution in [2.24, 2.45) is 5.92 Å². The molecular formula is C21H24N2O2. The van der Waals surface area contributed by atoms with Gasteiger partial charge in [-0.3, -0.25) is 9.59 Å². The molecule has 1 aliphatic heterocycles. The lowest BCUT2D eigenvalue weighted by Crippen LogP contribution is -2.47. The highest BCUT2D eigenvalue weighted by Gasteiger charge is 2.29. The zero-order valence-corrected chi connectivity index (χ0v) is 14.6. The first-order valence-electron chi connectivity index (χ1n) is 8.81. The molecule has 0 bridgehead atoms. The van der Waals surface area contributed by atoms with Crippen LogP contribution < -0.4 is 4.90 Å². The van der Waals surface area contributed by atoms with E-state index < -0.39 is 11.8 Å². The number of nitrogens with zero attached hydrogens (tertiary/aromatic N) is 2. The van der Waals surface area contributed by atoms with Crippen LogP contribution in [0.5, 0.6) is 0 Å². The number of rotatable bonds is 3. The molecule has 25 heavy (non-hydrogen) atoms. The fourth-order valence-electron chi connectivity index (χ4n) is 3.34. The van der Waals surface area contributed by atoms with Crippen molar-refractivity contribution in [2.75, 3.05) is 25.0 Å². The molecule has 3 rings (SSSR count). The van der Waals surface area contributed by atoms with Gasteiger partial charge in [-0.2, -0.15) is 0 Å². The maximum absolute atomic E-state index is 12.5. The number of amides is 2. The average Bonchev–Trinajstić information content (AvgIpc) is 2.68. The van der Waals surface area contributed by atoms with Gasteiger partial charge in [0.1, 0.15) is 0 Å². The van der Waals surface area contributed by atoms with E-state index in [0.29, 0.717) is 19.0 Å². The van der Waals surface area contributed by atoms with E-state index in [4.69, 9.17) is 0 Å². The van der Waals surface area contributed by atoms with Crippen LogP contribution in [0.1, 0.15) is 18.4 Å². The van der Waals surface area contributed by atoms with Gasteiger partial charge in [0.15, 0.2) is 0 Å². The number of para-hydroxylation sites is 1. The summed E-state index contributed by atoms with van der Waals surface area (Å²) in [7, 11) is 1.65. The second kappa shape index (κ2) is 7.97. The van der Waals surface area contributed by atoms with Crippen LogP contribution in [0, 0.1) is 5.92 Å². The van der Waals surface area contributed by atoms with Crippen LogP contribution in [0.2, 0.25) is 0 Å². The summed E-state index contributed by atoms with van der Waals surface area (Å²) in [5.74, 6) is -0.286. The smallest absolute Gasteiger partial charge is 0.316 e. The van der Waals surface area contributed by atoms with E-state index in [1.54, 1.807) is 11.9 Å². The zero-order valence-electron chi connectivity index (χ0n) is 14.6. The number of anilines is 1. The fourth-order valence-corrected chi connectivity index (χ4v) is 3.34. The van der Waals surface area contributed by atoms with Crippen LogP contribution in [0.4, 0.5) is 5.69 Å². The molecule has 0 spiro atoms. The normalized spacial score (nSPS) is 15.0. The van der Waals surface area contributed by atoms with Gasteiger partial charge in [0.05, 0.1) is 0 Å². The van der Waals surface area contributed by atoms with Crippen molar-refractivity contribution < 1.29 is 9.59 Å². The van der Waals surface area contributed by atoms with Gasteiger partial charge < -0.3 is 9.80 Å². The summed E-state index contributed by atoms with van der Waals surface area (Å²) >= 11 is 0. The Morgan fingerprint density at radius 2 is 1.52 bits per heavy atom. The Hall–Kier alpha value is -2.62. The molecule has 1 heterocycles. The number of likely N-dealkylation sites (N-methyl/N-ethyl adjacent to an activating group) is 1. The Morgan fingerprint density at radius 1 is 0.960 bits per heavy atom. The van der Waals surface area contributed by atoms with Gasteiger partial charge in [0, 0.05) is 25.8 Å². The molecule has 2 aromatic rings. The Morgan fingerprint density at radius 3 is 2.12 bits per heavy atom. The zero-order chi connectivity index (χ0) is 17.6. The van der Waals surface area contributed by atoms with Gasteiger partial charge in [-0.15, -0.1) is 0 Å².